The summed E-state index contributed by atoms with van der Waals surface area (Å²) in [4.78, 5) is 14.3. The van der Waals surface area contributed by atoms with Crippen LogP contribution in [-0.2, 0) is 14.6 Å². The normalized spacial score (nSPS) is 35.7. The van der Waals surface area contributed by atoms with Gasteiger partial charge in [0, 0.05) is 24.9 Å². The number of amides is 1. The van der Waals surface area contributed by atoms with Gasteiger partial charge < -0.3 is 4.90 Å². The van der Waals surface area contributed by atoms with Crippen LogP contribution in [-0.4, -0.2) is 43.8 Å². The average Bonchev–Trinajstić information content (AvgIpc) is 2.52. The Morgan fingerprint density at radius 3 is 2.08 bits per heavy atom. The second-order valence-corrected chi connectivity index (χ2v) is 11.4. The number of likely N-dealkylation sites (N-methyl/N-ethyl adjacent to an activating group) is 1. The van der Waals surface area contributed by atoms with Crippen LogP contribution >= 0.6 is 0 Å². The smallest absolute Gasteiger partial charge is 0.246 e. The van der Waals surface area contributed by atoms with Crippen LogP contribution in [0.3, 0.4) is 0 Å². The summed E-state index contributed by atoms with van der Waals surface area (Å²) in [6.45, 7) is 5.60. The van der Waals surface area contributed by atoms with Gasteiger partial charge in [0.15, 0.2) is 9.84 Å². The maximum absolute atomic E-state index is 12.7. The van der Waals surface area contributed by atoms with Crippen LogP contribution in [0, 0.1) is 23.2 Å². The van der Waals surface area contributed by atoms with Gasteiger partial charge in [-0.2, -0.15) is 0 Å². The fourth-order valence-corrected chi connectivity index (χ4v) is 7.04. The van der Waals surface area contributed by atoms with Crippen molar-refractivity contribution in [3.05, 3.63) is 11.6 Å². The van der Waals surface area contributed by atoms with Crippen LogP contribution in [0.1, 0.15) is 59.3 Å². The number of sulfone groups is 1. The molecule has 4 nitrogen and oxygen atoms in total. The van der Waals surface area contributed by atoms with Crippen LogP contribution in [0.15, 0.2) is 11.6 Å². The first kappa shape index (κ1) is 18.9. The van der Waals surface area contributed by atoms with Crippen molar-refractivity contribution < 1.29 is 13.2 Å². The third-order valence-corrected chi connectivity index (χ3v) is 9.03. The highest BCUT2D eigenvalue weighted by molar-refractivity contribution is 7.91. The third kappa shape index (κ3) is 3.81. The number of nitrogens with zero attached hydrogens (tertiary/aromatic N) is 1. The molecule has 0 aliphatic heterocycles. The first-order valence-corrected chi connectivity index (χ1v) is 11.6. The zero-order chi connectivity index (χ0) is 18.4. The molecule has 142 valence electrons. The van der Waals surface area contributed by atoms with Gasteiger partial charge in [0.05, 0.1) is 5.75 Å². The van der Waals surface area contributed by atoms with Crippen molar-refractivity contribution in [1.29, 1.82) is 0 Å². The van der Waals surface area contributed by atoms with E-state index in [0.29, 0.717) is 0 Å². The van der Waals surface area contributed by atoms with Gasteiger partial charge in [0.25, 0.3) is 0 Å². The summed E-state index contributed by atoms with van der Waals surface area (Å²) in [7, 11) is -1.35. The number of allylic oxidation sites excluding steroid dienone is 1. The molecule has 4 fully saturated rings. The molecule has 4 aliphatic rings. The van der Waals surface area contributed by atoms with E-state index in [4.69, 9.17) is 0 Å². The largest absolute Gasteiger partial charge is 0.338 e. The van der Waals surface area contributed by atoms with Crippen LogP contribution in [0.4, 0.5) is 0 Å². The summed E-state index contributed by atoms with van der Waals surface area (Å²) in [6.07, 6.45) is 9.74. The summed E-state index contributed by atoms with van der Waals surface area (Å²) >= 11 is 0. The van der Waals surface area contributed by atoms with Gasteiger partial charge in [-0.1, -0.05) is 12.5 Å². The number of rotatable bonds is 6. The number of carbonyl (C=O) groups is 1. The van der Waals surface area contributed by atoms with Crippen LogP contribution in [0.25, 0.3) is 0 Å². The lowest BCUT2D eigenvalue weighted by molar-refractivity contribution is -0.126. The lowest BCUT2D eigenvalue weighted by Crippen LogP contribution is -2.47. The average molecular weight is 368 g/mol. The minimum absolute atomic E-state index is 0.0377. The second kappa shape index (κ2) is 6.71. The van der Waals surface area contributed by atoms with Gasteiger partial charge in [0.1, 0.15) is 0 Å². The molecular weight excluding hydrogens is 334 g/mol. The van der Waals surface area contributed by atoms with E-state index in [1.54, 1.807) is 18.9 Å². The summed E-state index contributed by atoms with van der Waals surface area (Å²) in [5, 5.41) is 0. The predicted octanol–water partition coefficient (Wildman–Crippen LogP) is 3.43. The Morgan fingerprint density at radius 2 is 1.64 bits per heavy atom. The molecular formula is C20H33NO3S. The zero-order valence-electron chi connectivity index (χ0n) is 16.1. The summed E-state index contributed by atoms with van der Waals surface area (Å²) < 4.78 is 23.7. The molecule has 0 aromatic heterocycles. The van der Waals surface area contributed by atoms with Crippen molar-refractivity contribution in [2.24, 2.45) is 23.2 Å². The van der Waals surface area contributed by atoms with E-state index in [9.17, 15) is 13.2 Å². The highest BCUT2D eigenvalue weighted by Gasteiger charge is 2.51. The molecule has 0 aromatic carbocycles. The fourth-order valence-electron chi connectivity index (χ4n) is 5.85. The molecule has 1 unspecified atom stereocenters. The molecule has 0 spiro atoms. The van der Waals surface area contributed by atoms with E-state index in [2.05, 4.69) is 6.92 Å². The third-order valence-electron chi connectivity index (χ3n) is 7.16. The second-order valence-electron chi connectivity index (χ2n) is 9.02. The molecule has 0 saturated heterocycles. The van der Waals surface area contributed by atoms with Gasteiger partial charge in [-0.05, 0) is 75.5 Å². The highest BCUT2D eigenvalue weighted by Crippen LogP contribution is 2.62. The van der Waals surface area contributed by atoms with Gasteiger partial charge >= 0.3 is 0 Å². The molecule has 25 heavy (non-hydrogen) atoms. The Balaban J connectivity index is 1.70. The molecule has 0 heterocycles. The molecule has 0 aromatic rings. The topological polar surface area (TPSA) is 54.5 Å². The Morgan fingerprint density at radius 1 is 1.16 bits per heavy atom. The van der Waals surface area contributed by atoms with Crippen molar-refractivity contribution in [2.75, 3.05) is 18.6 Å². The van der Waals surface area contributed by atoms with Crippen molar-refractivity contribution in [2.45, 2.75) is 65.3 Å². The number of carbonyl (C=O) groups excluding carboxylic acids is 1. The van der Waals surface area contributed by atoms with Gasteiger partial charge in [-0.25, -0.2) is 8.42 Å². The summed E-state index contributed by atoms with van der Waals surface area (Å²) in [5.74, 6) is 2.69. The van der Waals surface area contributed by atoms with Crippen molar-refractivity contribution in [3.63, 3.8) is 0 Å². The highest BCUT2D eigenvalue weighted by atomic mass is 32.2. The van der Waals surface area contributed by atoms with E-state index in [0.717, 1.165) is 17.8 Å². The first-order chi connectivity index (χ1) is 11.6. The van der Waals surface area contributed by atoms with Crippen LogP contribution in [0.2, 0.25) is 0 Å². The van der Waals surface area contributed by atoms with E-state index >= 15 is 0 Å². The van der Waals surface area contributed by atoms with Crippen molar-refractivity contribution in [3.8, 4) is 0 Å². The number of hydrogen-bond acceptors (Lipinski definition) is 3. The molecule has 0 radical (unpaired) electrons. The van der Waals surface area contributed by atoms with Crippen molar-refractivity contribution >= 4 is 15.7 Å². The predicted molar refractivity (Wildman–Crippen MR) is 101 cm³/mol. The Labute approximate surface area is 153 Å². The van der Waals surface area contributed by atoms with Crippen LogP contribution < -0.4 is 0 Å². The maximum Gasteiger partial charge on any atom is 0.246 e. The molecule has 1 amide bonds. The standard InChI is InChI=1S/C20H33NO3S/c1-5-25(23,24)13-15(3)21(4)19(22)6-14(2)20-10-16-7-17(11-20)9-18(8-16)12-20/h6,15-18H,5,7-13H2,1-4H3/b14-6-. The Hall–Kier alpha value is -0.840. The minimum atomic E-state index is -3.08. The molecule has 4 bridgehead atoms. The molecule has 4 aliphatic carbocycles. The monoisotopic (exact) mass is 367 g/mol. The SMILES string of the molecule is CCS(=O)(=O)CC(C)N(C)C(=O)/C=C(/C)C12CC3CC(CC(C3)C1)C2. The quantitative estimate of drug-likeness (QED) is 0.676. The lowest BCUT2D eigenvalue weighted by Gasteiger charge is -2.57. The van der Waals surface area contributed by atoms with E-state index in [1.807, 2.05) is 13.0 Å². The molecule has 5 heteroatoms. The van der Waals surface area contributed by atoms with E-state index in [1.165, 1.54) is 44.1 Å². The van der Waals surface area contributed by atoms with Crippen molar-refractivity contribution in [1.82, 2.24) is 4.90 Å². The molecule has 0 N–H and O–H groups in total. The molecule has 4 rings (SSSR count). The van der Waals surface area contributed by atoms with Gasteiger partial charge in [-0.15, -0.1) is 0 Å². The van der Waals surface area contributed by atoms with E-state index in [-0.39, 0.29) is 28.9 Å². The van der Waals surface area contributed by atoms with Crippen LogP contribution in [0.5, 0.6) is 0 Å². The molecule has 1 atom stereocenters. The Bertz CT molecular complexity index is 629. The van der Waals surface area contributed by atoms with E-state index < -0.39 is 9.84 Å². The zero-order valence-corrected chi connectivity index (χ0v) is 16.9. The summed E-state index contributed by atoms with van der Waals surface area (Å²) in [5.41, 5.74) is 1.47. The number of hydrogen-bond donors (Lipinski definition) is 0. The first-order valence-electron chi connectivity index (χ1n) is 9.80. The maximum atomic E-state index is 12.7. The minimum Gasteiger partial charge on any atom is -0.338 e. The van der Waals surface area contributed by atoms with Gasteiger partial charge in [0.2, 0.25) is 5.91 Å². The lowest BCUT2D eigenvalue weighted by atomic mass is 9.48. The van der Waals surface area contributed by atoms with Gasteiger partial charge in [-0.3, -0.25) is 4.79 Å². The summed E-state index contributed by atoms with van der Waals surface area (Å²) in [6, 6.07) is -0.294. The molecule has 4 saturated carbocycles. The Kier molecular flexibility index (Phi) is 5.08. The fraction of sp³-hybridized carbons (Fsp3) is 0.850.